The van der Waals surface area contributed by atoms with Crippen molar-refractivity contribution in [2.45, 2.75) is 27.2 Å². The molecule has 0 unspecified atom stereocenters. The SMILES string of the molecule is C=CC=C(/C=C\C)C(/C=C(\C=C)C(=O)NCCCNC(=O)C(=C)C)=C/C. The molecule has 0 saturated heterocycles. The molecule has 0 fully saturated rings. The maximum atomic E-state index is 12.3. The minimum absolute atomic E-state index is 0.175. The summed E-state index contributed by atoms with van der Waals surface area (Å²) in [5.74, 6) is -0.379. The molecule has 0 aromatic carbocycles. The van der Waals surface area contributed by atoms with Crippen molar-refractivity contribution in [1.29, 1.82) is 0 Å². The van der Waals surface area contributed by atoms with Crippen molar-refractivity contribution >= 4 is 11.8 Å². The zero-order valence-corrected chi connectivity index (χ0v) is 16.1. The van der Waals surface area contributed by atoms with Gasteiger partial charge in [-0.2, -0.15) is 0 Å². The molecule has 140 valence electrons. The second kappa shape index (κ2) is 13.4. The molecule has 0 aliphatic rings. The van der Waals surface area contributed by atoms with Crippen molar-refractivity contribution in [3.63, 3.8) is 0 Å². The number of carbonyl (C=O) groups excluding carboxylic acids is 2. The molecule has 0 atom stereocenters. The Labute approximate surface area is 157 Å². The maximum Gasteiger partial charge on any atom is 0.251 e. The fourth-order valence-electron chi connectivity index (χ4n) is 2.02. The smallest absolute Gasteiger partial charge is 0.251 e. The van der Waals surface area contributed by atoms with Gasteiger partial charge in [0, 0.05) is 24.2 Å². The first kappa shape index (κ1) is 23.1. The third-order valence-electron chi connectivity index (χ3n) is 3.39. The minimum atomic E-state index is -0.205. The van der Waals surface area contributed by atoms with E-state index in [0.717, 1.165) is 11.1 Å². The van der Waals surface area contributed by atoms with E-state index in [2.05, 4.69) is 30.4 Å². The molecule has 0 aliphatic heterocycles. The van der Waals surface area contributed by atoms with Crippen molar-refractivity contribution in [1.82, 2.24) is 10.6 Å². The largest absolute Gasteiger partial charge is 0.352 e. The van der Waals surface area contributed by atoms with E-state index >= 15 is 0 Å². The summed E-state index contributed by atoms with van der Waals surface area (Å²) in [5.41, 5.74) is 2.80. The van der Waals surface area contributed by atoms with Gasteiger partial charge in [-0.1, -0.05) is 56.2 Å². The summed E-state index contributed by atoms with van der Waals surface area (Å²) < 4.78 is 0. The number of nitrogens with one attached hydrogen (secondary N) is 2. The van der Waals surface area contributed by atoms with E-state index < -0.39 is 0 Å². The Balaban J connectivity index is 4.86. The monoisotopic (exact) mass is 354 g/mol. The Kier molecular flexibility index (Phi) is 11.9. The van der Waals surface area contributed by atoms with Crippen LogP contribution in [0.15, 0.2) is 84.6 Å². The van der Waals surface area contributed by atoms with Gasteiger partial charge in [-0.25, -0.2) is 0 Å². The number of amides is 2. The Hall–Kier alpha value is -2.88. The summed E-state index contributed by atoms with van der Waals surface area (Å²) in [6.07, 6.45) is 13.4. The predicted octanol–water partition coefficient (Wildman–Crippen LogP) is 3.93. The summed E-state index contributed by atoms with van der Waals surface area (Å²) in [5, 5.41) is 5.56. The van der Waals surface area contributed by atoms with E-state index in [1.54, 1.807) is 19.1 Å². The lowest BCUT2D eigenvalue weighted by Crippen LogP contribution is -2.30. The second-order valence-electron chi connectivity index (χ2n) is 5.55. The lowest BCUT2D eigenvalue weighted by molar-refractivity contribution is -0.117. The molecule has 2 amide bonds. The average Bonchev–Trinajstić information content (AvgIpc) is 2.62. The molecule has 0 aromatic heterocycles. The Morgan fingerprint density at radius 2 is 1.58 bits per heavy atom. The Morgan fingerprint density at radius 3 is 2.04 bits per heavy atom. The maximum absolute atomic E-state index is 12.3. The van der Waals surface area contributed by atoms with Crippen LogP contribution in [0.4, 0.5) is 0 Å². The van der Waals surface area contributed by atoms with Gasteiger partial charge in [-0.15, -0.1) is 0 Å². The Morgan fingerprint density at radius 1 is 0.962 bits per heavy atom. The van der Waals surface area contributed by atoms with Crippen molar-refractivity contribution in [2.24, 2.45) is 0 Å². The van der Waals surface area contributed by atoms with Gasteiger partial charge in [0.2, 0.25) is 5.91 Å². The molecule has 2 N–H and O–H groups in total. The highest BCUT2D eigenvalue weighted by Crippen LogP contribution is 2.16. The molecule has 0 aromatic rings. The van der Waals surface area contributed by atoms with Crippen LogP contribution in [-0.4, -0.2) is 24.9 Å². The first-order valence-electron chi connectivity index (χ1n) is 8.59. The predicted molar refractivity (Wildman–Crippen MR) is 111 cm³/mol. The number of hydrogen-bond donors (Lipinski definition) is 2. The lowest BCUT2D eigenvalue weighted by Gasteiger charge is -2.09. The molecular formula is C22H30N2O2. The van der Waals surface area contributed by atoms with Gasteiger partial charge >= 0.3 is 0 Å². The molecule has 0 heterocycles. The van der Waals surface area contributed by atoms with Crippen LogP contribution in [0.1, 0.15) is 27.2 Å². The zero-order chi connectivity index (χ0) is 19.9. The van der Waals surface area contributed by atoms with Crippen LogP contribution in [0, 0.1) is 0 Å². The third-order valence-corrected chi connectivity index (χ3v) is 3.39. The number of rotatable bonds is 11. The summed E-state index contributed by atoms with van der Waals surface area (Å²) in [6.45, 7) is 17.5. The van der Waals surface area contributed by atoms with Crippen LogP contribution < -0.4 is 10.6 Å². The van der Waals surface area contributed by atoms with Crippen LogP contribution in [-0.2, 0) is 9.59 Å². The van der Waals surface area contributed by atoms with Crippen LogP contribution in [0.25, 0.3) is 0 Å². The topological polar surface area (TPSA) is 58.2 Å². The molecule has 0 bridgehead atoms. The molecule has 26 heavy (non-hydrogen) atoms. The van der Waals surface area contributed by atoms with E-state index in [1.165, 1.54) is 6.08 Å². The van der Waals surface area contributed by atoms with Gasteiger partial charge in [0.15, 0.2) is 0 Å². The average molecular weight is 354 g/mol. The van der Waals surface area contributed by atoms with Gasteiger partial charge in [0.1, 0.15) is 0 Å². The fraction of sp³-hybridized carbons (Fsp3) is 0.273. The molecule has 0 aliphatic carbocycles. The van der Waals surface area contributed by atoms with Crippen LogP contribution in [0.3, 0.4) is 0 Å². The normalized spacial score (nSPS) is 12.7. The van der Waals surface area contributed by atoms with Gasteiger partial charge in [-0.3, -0.25) is 9.59 Å². The highest BCUT2D eigenvalue weighted by atomic mass is 16.2. The van der Waals surface area contributed by atoms with Crippen molar-refractivity contribution < 1.29 is 9.59 Å². The van der Waals surface area contributed by atoms with E-state index in [1.807, 2.05) is 38.2 Å². The molecule has 4 heteroatoms. The standard InChI is InChI=1S/C22H30N2O2/c1-7-12-20(13-8-2)18(9-3)16-19(10-4)22(26)24-15-11-14-23-21(25)17(5)6/h7-10,12-13,16H,1,4-5,11,14-15H2,2-3,6H3,(H,23,25)(H,24,26)/b13-8-,18-9+,19-16+,20-12?. The van der Waals surface area contributed by atoms with E-state index in [4.69, 9.17) is 0 Å². The zero-order valence-electron chi connectivity index (χ0n) is 16.1. The highest BCUT2D eigenvalue weighted by molar-refractivity contribution is 5.96. The van der Waals surface area contributed by atoms with E-state index in [9.17, 15) is 9.59 Å². The molecule has 4 nitrogen and oxygen atoms in total. The summed E-state index contributed by atoms with van der Waals surface area (Å²) in [4.78, 5) is 23.7. The van der Waals surface area contributed by atoms with E-state index in [-0.39, 0.29) is 11.8 Å². The molecule has 0 spiro atoms. The highest BCUT2D eigenvalue weighted by Gasteiger charge is 2.08. The quantitative estimate of drug-likeness (QED) is 0.335. The molecule has 0 saturated carbocycles. The van der Waals surface area contributed by atoms with Gasteiger partial charge in [0.25, 0.3) is 5.91 Å². The summed E-state index contributed by atoms with van der Waals surface area (Å²) >= 11 is 0. The Bertz CT molecular complexity index is 662. The van der Waals surface area contributed by atoms with Crippen molar-refractivity contribution in [2.75, 3.05) is 13.1 Å². The van der Waals surface area contributed by atoms with Crippen LogP contribution in [0.2, 0.25) is 0 Å². The van der Waals surface area contributed by atoms with Gasteiger partial charge in [0.05, 0.1) is 0 Å². The lowest BCUT2D eigenvalue weighted by atomic mass is 10.0. The molecule has 0 rings (SSSR count). The second-order valence-corrected chi connectivity index (χ2v) is 5.55. The van der Waals surface area contributed by atoms with Gasteiger partial charge < -0.3 is 10.6 Å². The summed E-state index contributed by atoms with van der Waals surface area (Å²) in [6, 6.07) is 0. The summed E-state index contributed by atoms with van der Waals surface area (Å²) in [7, 11) is 0. The van der Waals surface area contributed by atoms with Gasteiger partial charge in [-0.05, 0) is 44.4 Å². The first-order valence-corrected chi connectivity index (χ1v) is 8.59. The molecule has 0 radical (unpaired) electrons. The first-order chi connectivity index (χ1) is 12.4. The number of hydrogen-bond acceptors (Lipinski definition) is 2. The minimum Gasteiger partial charge on any atom is -0.352 e. The third kappa shape index (κ3) is 8.83. The van der Waals surface area contributed by atoms with E-state index in [0.29, 0.717) is 30.7 Å². The van der Waals surface area contributed by atoms with Crippen LogP contribution >= 0.6 is 0 Å². The van der Waals surface area contributed by atoms with Crippen molar-refractivity contribution in [3.05, 3.63) is 84.6 Å². The number of allylic oxidation sites excluding steroid dienone is 8. The fourth-order valence-corrected chi connectivity index (χ4v) is 2.02. The molecular weight excluding hydrogens is 324 g/mol. The van der Waals surface area contributed by atoms with Crippen molar-refractivity contribution in [3.8, 4) is 0 Å². The number of carbonyl (C=O) groups is 2. The van der Waals surface area contributed by atoms with Crippen LogP contribution in [0.5, 0.6) is 0 Å².